The van der Waals surface area contributed by atoms with Crippen molar-refractivity contribution in [3.63, 3.8) is 0 Å². The molecule has 0 bridgehead atoms. The number of hydrogen-bond donors (Lipinski definition) is 0. The van der Waals surface area contributed by atoms with E-state index >= 15 is 0 Å². The van der Waals surface area contributed by atoms with E-state index in [2.05, 4.69) is 30.3 Å². The third-order valence-corrected chi connectivity index (χ3v) is 3.17. The zero-order valence-electron chi connectivity index (χ0n) is 8.42. The Labute approximate surface area is 107 Å². The van der Waals surface area contributed by atoms with Crippen LogP contribution in [0.4, 0.5) is 0 Å². The Morgan fingerprint density at radius 2 is 1.64 bits per heavy atom. The molecule has 14 heavy (non-hydrogen) atoms. The minimum atomic E-state index is 0. The van der Waals surface area contributed by atoms with Crippen LogP contribution in [-0.2, 0) is 28.1 Å². The average Bonchev–Trinajstić information content (AvgIpc) is 2.77. The van der Waals surface area contributed by atoms with Crippen molar-refractivity contribution in [1.82, 2.24) is 0 Å². The molecule has 74 valence electrons. The van der Waals surface area contributed by atoms with Crippen LogP contribution in [0.5, 0.6) is 0 Å². The maximum absolute atomic E-state index is 4.94. The van der Waals surface area contributed by atoms with Gasteiger partial charge in [0, 0.05) is 13.2 Å². The van der Waals surface area contributed by atoms with Gasteiger partial charge < -0.3 is 21.7 Å². The van der Waals surface area contributed by atoms with Crippen LogP contribution in [0, 0.1) is 0 Å². The third kappa shape index (κ3) is 6.70. The molecule has 1 aliphatic heterocycles. The van der Waals surface area contributed by atoms with Crippen molar-refractivity contribution >= 4 is 0 Å². The first kappa shape index (κ1) is 14.3. The van der Waals surface area contributed by atoms with Crippen LogP contribution in [0.1, 0.15) is 18.4 Å². The molecular weight excluding hydrogens is 293 g/mol. The zero-order valence-corrected chi connectivity index (χ0v) is 13.0. The molecule has 1 aromatic carbocycles. The first-order chi connectivity index (χ1) is 6.43. The number of rotatable bonds is 1. The SMILES string of the molecule is C1CCOC1.[Br-].[Zn+][CH2]c1ccccc1. The van der Waals surface area contributed by atoms with Crippen molar-refractivity contribution in [1.29, 1.82) is 0 Å². The van der Waals surface area contributed by atoms with E-state index in [4.69, 9.17) is 4.74 Å². The van der Waals surface area contributed by atoms with Gasteiger partial charge in [-0.1, -0.05) is 0 Å². The summed E-state index contributed by atoms with van der Waals surface area (Å²) in [7, 11) is 0. The average molecular weight is 309 g/mol. The fraction of sp³-hybridized carbons (Fsp3) is 0.455. The van der Waals surface area contributed by atoms with Crippen LogP contribution in [0.3, 0.4) is 0 Å². The van der Waals surface area contributed by atoms with Gasteiger partial charge in [0.1, 0.15) is 0 Å². The van der Waals surface area contributed by atoms with Gasteiger partial charge >= 0.3 is 59.2 Å². The fourth-order valence-corrected chi connectivity index (χ4v) is 1.85. The second-order valence-corrected chi connectivity index (χ2v) is 4.10. The summed E-state index contributed by atoms with van der Waals surface area (Å²) < 4.78 is 4.94. The van der Waals surface area contributed by atoms with Crippen molar-refractivity contribution in [3.05, 3.63) is 35.9 Å². The second kappa shape index (κ2) is 9.82. The third-order valence-electron chi connectivity index (χ3n) is 1.96. The molecule has 0 aromatic heterocycles. The molecule has 1 aromatic rings. The zero-order chi connectivity index (χ0) is 9.36. The molecule has 0 spiro atoms. The van der Waals surface area contributed by atoms with Gasteiger partial charge in [-0.3, -0.25) is 0 Å². The van der Waals surface area contributed by atoms with Gasteiger partial charge in [-0.05, 0) is 12.8 Å². The van der Waals surface area contributed by atoms with Crippen LogP contribution in [0.25, 0.3) is 0 Å². The monoisotopic (exact) mass is 306 g/mol. The Bertz CT molecular complexity index is 204. The number of benzene rings is 1. The van der Waals surface area contributed by atoms with Crippen LogP contribution < -0.4 is 17.0 Å². The van der Waals surface area contributed by atoms with Crippen LogP contribution in [0.2, 0.25) is 0 Å². The summed E-state index contributed by atoms with van der Waals surface area (Å²) in [5.74, 6) is 0. The predicted molar refractivity (Wildman–Crippen MR) is 50.2 cm³/mol. The van der Waals surface area contributed by atoms with E-state index < -0.39 is 0 Å². The Kier molecular flexibility index (Phi) is 10.0. The Morgan fingerprint density at radius 1 is 1.07 bits per heavy atom. The van der Waals surface area contributed by atoms with Crippen molar-refractivity contribution in [3.8, 4) is 0 Å². The molecular formula is C11H15BrOZn. The quantitative estimate of drug-likeness (QED) is 0.638. The van der Waals surface area contributed by atoms with Crippen LogP contribution >= 0.6 is 0 Å². The molecule has 1 saturated heterocycles. The fourth-order valence-electron chi connectivity index (χ4n) is 1.15. The van der Waals surface area contributed by atoms with Gasteiger partial charge in [0.2, 0.25) is 0 Å². The molecule has 0 radical (unpaired) electrons. The maximum atomic E-state index is 4.94. The second-order valence-electron chi connectivity index (χ2n) is 3.06. The molecule has 0 amide bonds. The Balaban J connectivity index is 0.000000246. The summed E-state index contributed by atoms with van der Waals surface area (Å²) in [6.07, 6.45) is 2.56. The molecule has 2 rings (SSSR count). The number of hydrogen-bond acceptors (Lipinski definition) is 1. The van der Waals surface area contributed by atoms with E-state index in [-0.39, 0.29) is 17.0 Å². The number of ether oxygens (including phenoxy) is 1. The Hall–Kier alpha value is 0.283. The van der Waals surface area contributed by atoms with Crippen molar-refractivity contribution in [2.45, 2.75) is 17.9 Å². The molecule has 1 heterocycles. The van der Waals surface area contributed by atoms with E-state index in [0.29, 0.717) is 0 Å². The molecule has 0 atom stereocenters. The van der Waals surface area contributed by atoms with Crippen LogP contribution in [0.15, 0.2) is 30.3 Å². The molecule has 1 fully saturated rings. The molecule has 0 aliphatic carbocycles. The topological polar surface area (TPSA) is 9.23 Å². The summed E-state index contributed by atoms with van der Waals surface area (Å²) in [5, 5.41) is 1.26. The minimum absolute atomic E-state index is 0. The van der Waals surface area contributed by atoms with Crippen molar-refractivity contribution in [2.75, 3.05) is 13.2 Å². The number of halogens is 1. The molecule has 3 heteroatoms. The molecule has 1 aliphatic rings. The van der Waals surface area contributed by atoms with Gasteiger partial charge in [-0.15, -0.1) is 0 Å². The van der Waals surface area contributed by atoms with E-state index in [1.807, 2.05) is 0 Å². The predicted octanol–water partition coefficient (Wildman–Crippen LogP) is -0.466. The summed E-state index contributed by atoms with van der Waals surface area (Å²) >= 11 is 1.37. The van der Waals surface area contributed by atoms with E-state index in [1.54, 1.807) is 0 Å². The first-order valence-electron chi connectivity index (χ1n) is 4.84. The molecule has 0 saturated carbocycles. The summed E-state index contributed by atoms with van der Waals surface area (Å²) in [6, 6.07) is 10.6. The van der Waals surface area contributed by atoms with Gasteiger partial charge in [-0.25, -0.2) is 0 Å². The summed E-state index contributed by atoms with van der Waals surface area (Å²) in [4.78, 5) is 0. The van der Waals surface area contributed by atoms with Crippen molar-refractivity contribution < 1.29 is 40.0 Å². The standard InChI is InChI=1S/C7H7.C4H8O.BrH.Zn/c1-7-5-3-2-4-6-7;1-2-4-5-3-1;;/h2-6H,1H2;1-4H2;1H;/q;;;+1/p-1. The summed E-state index contributed by atoms with van der Waals surface area (Å²) in [6.45, 7) is 2.00. The van der Waals surface area contributed by atoms with E-state index in [0.717, 1.165) is 13.2 Å². The first-order valence-corrected chi connectivity index (χ1v) is 6.94. The van der Waals surface area contributed by atoms with Crippen LogP contribution in [-0.4, -0.2) is 13.2 Å². The van der Waals surface area contributed by atoms with Crippen molar-refractivity contribution in [2.24, 2.45) is 0 Å². The van der Waals surface area contributed by atoms with Gasteiger partial charge in [-0.2, -0.15) is 0 Å². The Morgan fingerprint density at radius 3 is 1.93 bits per heavy atom. The molecule has 0 N–H and O–H groups in total. The van der Waals surface area contributed by atoms with Gasteiger partial charge in [0.15, 0.2) is 0 Å². The van der Waals surface area contributed by atoms with Gasteiger partial charge in [0.25, 0.3) is 0 Å². The normalized spacial score (nSPS) is 13.9. The molecule has 1 nitrogen and oxygen atoms in total. The molecule has 0 unspecified atom stereocenters. The summed E-state index contributed by atoms with van der Waals surface area (Å²) in [5.41, 5.74) is 1.47. The van der Waals surface area contributed by atoms with E-state index in [9.17, 15) is 0 Å². The van der Waals surface area contributed by atoms with E-state index in [1.165, 1.54) is 41.7 Å². The van der Waals surface area contributed by atoms with Gasteiger partial charge in [0.05, 0.1) is 0 Å².